The second kappa shape index (κ2) is 12.5. The number of carbonyl (C=O) groups excluding carboxylic acids is 3. The van der Waals surface area contributed by atoms with Crippen LogP contribution in [0.3, 0.4) is 0 Å². The number of benzene rings is 2. The number of halogens is 2. The van der Waals surface area contributed by atoms with Crippen molar-refractivity contribution in [3.8, 4) is 5.75 Å². The van der Waals surface area contributed by atoms with E-state index in [1.165, 1.54) is 13.1 Å². The van der Waals surface area contributed by atoms with Crippen molar-refractivity contribution in [1.82, 2.24) is 10.6 Å². The van der Waals surface area contributed by atoms with E-state index < -0.39 is 29.5 Å². The molecule has 2 rings (SSSR count). The van der Waals surface area contributed by atoms with Crippen molar-refractivity contribution < 1.29 is 27.9 Å². The fourth-order valence-electron chi connectivity index (χ4n) is 3.02. The van der Waals surface area contributed by atoms with Gasteiger partial charge in [-0.25, -0.2) is 8.78 Å². The van der Waals surface area contributed by atoms with Gasteiger partial charge in [0.1, 0.15) is 11.8 Å². The summed E-state index contributed by atoms with van der Waals surface area (Å²) < 4.78 is 32.3. The van der Waals surface area contributed by atoms with Gasteiger partial charge < -0.3 is 15.4 Å². The molecule has 6 nitrogen and oxygen atoms in total. The fraction of sp³-hybridized carbons (Fsp3) is 0.375. The minimum atomic E-state index is -1.21. The van der Waals surface area contributed by atoms with E-state index in [0.717, 1.165) is 31.4 Å². The third-order valence-corrected chi connectivity index (χ3v) is 4.86. The van der Waals surface area contributed by atoms with E-state index in [2.05, 4.69) is 17.6 Å². The fourth-order valence-corrected chi connectivity index (χ4v) is 3.02. The number of amides is 2. The van der Waals surface area contributed by atoms with Crippen molar-refractivity contribution in [1.29, 1.82) is 0 Å². The molecule has 32 heavy (non-hydrogen) atoms. The highest BCUT2D eigenvalue weighted by molar-refractivity contribution is 5.98. The van der Waals surface area contributed by atoms with Gasteiger partial charge in [0.2, 0.25) is 11.8 Å². The molecule has 2 aromatic rings. The van der Waals surface area contributed by atoms with Crippen LogP contribution in [0.25, 0.3) is 0 Å². The highest BCUT2D eigenvalue weighted by atomic mass is 19.2. The second-order valence-corrected chi connectivity index (χ2v) is 7.29. The molecule has 0 saturated carbocycles. The monoisotopic (exact) mass is 446 g/mol. The van der Waals surface area contributed by atoms with Gasteiger partial charge in [0.15, 0.2) is 17.4 Å². The molecule has 1 atom stereocenters. The molecule has 1 unspecified atom stereocenters. The smallest absolute Gasteiger partial charge is 0.246 e. The molecule has 8 heteroatoms. The van der Waals surface area contributed by atoms with Crippen LogP contribution in [0, 0.1) is 11.6 Å². The van der Waals surface area contributed by atoms with Gasteiger partial charge in [-0.05, 0) is 48.4 Å². The molecule has 0 saturated heterocycles. The molecule has 0 aromatic heterocycles. The summed E-state index contributed by atoms with van der Waals surface area (Å²) in [5, 5.41) is 4.84. The number of carbonyl (C=O) groups is 3. The van der Waals surface area contributed by atoms with Crippen LogP contribution in [0.15, 0.2) is 42.5 Å². The topological polar surface area (TPSA) is 84.5 Å². The minimum absolute atomic E-state index is 0.0687. The third kappa shape index (κ3) is 7.44. The average Bonchev–Trinajstić information content (AvgIpc) is 2.80. The Morgan fingerprint density at radius 3 is 2.31 bits per heavy atom. The van der Waals surface area contributed by atoms with E-state index in [0.29, 0.717) is 17.9 Å². The van der Waals surface area contributed by atoms with Gasteiger partial charge in [-0.3, -0.25) is 14.4 Å². The lowest BCUT2D eigenvalue weighted by molar-refractivity contribution is -0.128. The molecule has 0 heterocycles. The maximum Gasteiger partial charge on any atom is 0.246 e. The van der Waals surface area contributed by atoms with Crippen molar-refractivity contribution in [2.24, 2.45) is 0 Å². The molecule has 2 amide bonds. The highest BCUT2D eigenvalue weighted by Crippen LogP contribution is 2.18. The van der Waals surface area contributed by atoms with Crippen molar-refractivity contribution in [3.05, 3.63) is 65.2 Å². The van der Waals surface area contributed by atoms with Gasteiger partial charge in [0, 0.05) is 25.5 Å². The first-order valence-electron chi connectivity index (χ1n) is 10.6. The second-order valence-electron chi connectivity index (χ2n) is 7.29. The van der Waals surface area contributed by atoms with Crippen LogP contribution in [0.5, 0.6) is 5.75 Å². The summed E-state index contributed by atoms with van der Waals surface area (Å²) >= 11 is 0. The molecule has 172 valence electrons. The molecule has 0 spiro atoms. The maximum atomic E-state index is 13.5. The van der Waals surface area contributed by atoms with Gasteiger partial charge in [0.25, 0.3) is 0 Å². The predicted octanol–water partition coefficient (Wildman–Crippen LogP) is 4.10. The summed E-state index contributed by atoms with van der Waals surface area (Å²) in [6.45, 7) is 2.73. The summed E-state index contributed by atoms with van der Waals surface area (Å²) in [6, 6.07) is 8.46. The van der Waals surface area contributed by atoms with Gasteiger partial charge in [0.05, 0.1) is 6.61 Å². The van der Waals surface area contributed by atoms with Gasteiger partial charge >= 0.3 is 0 Å². The molecule has 2 N–H and O–H groups in total. The minimum Gasteiger partial charge on any atom is -0.494 e. The predicted molar refractivity (Wildman–Crippen MR) is 116 cm³/mol. The number of hydrogen-bond donors (Lipinski definition) is 2. The quantitative estimate of drug-likeness (QED) is 0.380. The van der Waals surface area contributed by atoms with E-state index >= 15 is 0 Å². The van der Waals surface area contributed by atoms with Crippen LogP contribution in [-0.4, -0.2) is 31.3 Å². The lowest BCUT2D eigenvalue weighted by Gasteiger charge is -2.18. The number of Topliss-reactive ketones (excluding diaryl/α,β-unsaturated/α-hetero) is 1. The van der Waals surface area contributed by atoms with Crippen LogP contribution < -0.4 is 15.4 Å². The number of ketones is 1. The van der Waals surface area contributed by atoms with Crippen molar-refractivity contribution >= 4 is 17.6 Å². The van der Waals surface area contributed by atoms with Crippen LogP contribution in [0.2, 0.25) is 0 Å². The number of unbranched alkanes of at least 4 members (excludes halogenated alkanes) is 2. The lowest BCUT2D eigenvalue weighted by atomic mass is 10.0. The summed E-state index contributed by atoms with van der Waals surface area (Å²) in [5.41, 5.74) is 0.541. The van der Waals surface area contributed by atoms with Gasteiger partial charge in [-0.1, -0.05) is 25.8 Å². The number of ether oxygens (including phenoxy) is 1. The average molecular weight is 446 g/mol. The van der Waals surface area contributed by atoms with Crippen molar-refractivity contribution in [3.63, 3.8) is 0 Å². The zero-order chi connectivity index (χ0) is 23.5. The van der Waals surface area contributed by atoms with Crippen LogP contribution in [0.1, 0.15) is 61.0 Å². The van der Waals surface area contributed by atoms with E-state index in [9.17, 15) is 23.2 Å². The maximum absolute atomic E-state index is 13.5. The summed E-state index contributed by atoms with van der Waals surface area (Å²) in [5.74, 6) is -2.90. The third-order valence-electron chi connectivity index (χ3n) is 4.86. The summed E-state index contributed by atoms with van der Waals surface area (Å²) in [4.78, 5) is 36.9. The van der Waals surface area contributed by atoms with Crippen LogP contribution >= 0.6 is 0 Å². The summed E-state index contributed by atoms with van der Waals surface area (Å²) in [7, 11) is 1.36. The first-order chi connectivity index (χ1) is 15.3. The standard InChI is InChI=1S/C24H28F2N2O4/c1-3-4-5-14-32-18-9-6-16(7-10-18)21(29)12-13-22(30)28-23(24(31)27-2)17-8-11-19(25)20(26)15-17/h6-11,15,23H,3-5,12-14H2,1-2H3,(H,27,31)(H,28,30). The first-order valence-corrected chi connectivity index (χ1v) is 10.6. The SMILES string of the molecule is CCCCCOc1ccc(C(=O)CCC(=O)NC(C(=O)NC)c2ccc(F)c(F)c2)cc1. The van der Waals surface area contributed by atoms with Crippen molar-refractivity contribution in [2.75, 3.05) is 13.7 Å². The van der Waals surface area contributed by atoms with E-state index in [-0.39, 0.29) is 24.2 Å². The van der Waals surface area contributed by atoms with Crippen molar-refractivity contribution in [2.45, 2.75) is 45.1 Å². The molecular formula is C24H28F2N2O4. The molecule has 0 fully saturated rings. The molecule has 2 aromatic carbocycles. The van der Waals surface area contributed by atoms with E-state index in [1.807, 2.05) is 0 Å². The normalized spacial score (nSPS) is 11.5. The van der Waals surface area contributed by atoms with Crippen LogP contribution in [0.4, 0.5) is 8.78 Å². The Hall–Kier alpha value is -3.29. The Kier molecular flexibility index (Phi) is 9.78. The number of likely N-dealkylation sites (N-methyl/N-ethyl adjacent to an activating group) is 1. The molecule has 0 radical (unpaired) electrons. The largest absolute Gasteiger partial charge is 0.494 e. The Morgan fingerprint density at radius 1 is 0.969 bits per heavy atom. The van der Waals surface area contributed by atoms with E-state index in [1.54, 1.807) is 24.3 Å². The molecule has 0 aliphatic rings. The number of rotatable bonds is 12. The van der Waals surface area contributed by atoms with Gasteiger partial charge in [-0.15, -0.1) is 0 Å². The summed E-state index contributed by atoms with van der Waals surface area (Å²) in [6.07, 6.45) is 2.94. The van der Waals surface area contributed by atoms with Gasteiger partial charge in [-0.2, -0.15) is 0 Å². The lowest BCUT2D eigenvalue weighted by Crippen LogP contribution is -2.39. The molecule has 0 bridgehead atoms. The molecule has 0 aliphatic heterocycles. The number of hydrogen-bond acceptors (Lipinski definition) is 4. The van der Waals surface area contributed by atoms with E-state index in [4.69, 9.17) is 4.74 Å². The Morgan fingerprint density at radius 2 is 1.69 bits per heavy atom. The zero-order valence-electron chi connectivity index (χ0n) is 18.3. The Bertz CT molecular complexity index is 932. The zero-order valence-corrected chi connectivity index (χ0v) is 18.3. The molecule has 0 aliphatic carbocycles. The Balaban J connectivity index is 1.91. The number of nitrogens with one attached hydrogen (secondary N) is 2. The van der Waals surface area contributed by atoms with Crippen LogP contribution in [-0.2, 0) is 9.59 Å². The molecular weight excluding hydrogens is 418 g/mol. The Labute approximate surface area is 186 Å². The first kappa shape index (κ1) is 25.0. The highest BCUT2D eigenvalue weighted by Gasteiger charge is 2.23.